The summed E-state index contributed by atoms with van der Waals surface area (Å²) in [6.45, 7) is 6.90. The molecule has 1 atom stereocenters. The van der Waals surface area contributed by atoms with E-state index >= 15 is 0 Å². The Morgan fingerprint density at radius 1 is 1.45 bits per heavy atom. The highest BCUT2D eigenvalue weighted by atomic mass is 16.5. The van der Waals surface area contributed by atoms with Crippen LogP contribution in [0.4, 0.5) is 4.79 Å². The first kappa shape index (κ1) is 16.8. The number of likely N-dealkylation sites (tertiary alicyclic amines) is 1. The molecule has 0 aromatic heterocycles. The summed E-state index contributed by atoms with van der Waals surface area (Å²) in [6.07, 6.45) is 1.93. The zero-order chi connectivity index (χ0) is 15.4. The number of ether oxygens (including phenoxy) is 1. The van der Waals surface area contributed by atoms with Crippen LogP contribution in [-0.2, 0) is 9.53 Å². The summed E-state index contributed by atoms with van der Waals surface area (Å²) in [5.74, 6) is -0.800. The third kappa shape index (κ3) is 3.85. The predicted molar refractivity (Wildman–Crippen MR) is 75.7 cm³/mol. The number of hydrogen-bond acceptors (Lipinski definition) is 3. The summed E-state index contributed by atoms with van der Waals surface area (Å²) >= 11 is 0. The van der Waals surface area contributed by atoms with E-state index < -0.39 is 16.9 Å². The van der Waals surface area contributed by atoms with E-state index in [4.69, 9.17) is 4.74 Å². The number of nitrogens with one attached hydrogen (secondary N) is 1. The van der Waals surface area contributed by atoms with E-state index in [9.17, 15) is 14.7 Å². The second-order valence-electron chi connectivity index (χ2n) is 6.25. The molecule has 1 heterocycles. The van der Waals surface area contributed by atoms with Gasteiger partial charge in [-0.2, -0.15) is 0 Å². The maximum absolute atomic E-state index is 12.2. The number of methoxy groups -OCH3 is 1. The first-order valence-electron chi connectivity index (χ1n) is 7.06. The molecule has 1 fully saturated rings. The molecule has 6 nitrogen and oxygen atoms in total. The van der Waals surface area contributed by atoms with Gasteiger partial charge in [0.2, 0.25) is 0 Å². The van der Waals surface area contributed by atoms with Crippen LogP contribution < -0.4 is 5.32 Å². The van der Waals surface area contributed by atoms with E-state index in [1.165, 1.54) is 0 Å². The number of rotatable bonds is 6. The summed E-state index contributed by atoms with van der Waals surface area (Å²) in [7, 11) is 1.58. The van der Waals surface area contributed by atoms with Crippen molar-refractivity contribution >= 4 is 12.0 Å². The third-order valence-corrected chi connectivity index (χ3v) is 3.77. The highest BCUT2D eigenvalue weighted by molar-refractivity contribution is 5.80. The van der Waals surface area contributed by atoms with Gasteiger partial charge in [0.15, 0.2) is 0 Å². The van der Waals surface area contributed by atoms with E-state index in [-0.39, 0.29) is 12.6 Å². The number of carboxylic acids is 1. The van der Waals surface area contributed by atoms with Crippen molar-refractivity contribution in [2.75, 3.05) is 26.8 Å². The van der Waals surface area contributed by atoms with Crippen molar-refractivity contribution in [2.45, 2.75) is 45.6 Å². The van der Waals surface area contributed by atoms with Gasteiger partial charge >= 0.3 is 12.0 Å². The average Bonchev–Trinajstić information content (AvgIpc) is 2.74. The lowest BCUT2D eigenvalue weighted by molar-refractivity contribution is -0.148. The minimum atomic E-state index is -0.800. The van der Waals surface area contributed by atoms with E-state index in [0.717, 1.165) is 6.42 Å². The number of carboxylic acid groups (broad SMARTS) is 1. The number of urea groups is 1. The lowest BCUT2D eigenvalue weighted by Gasteiger charge is -2.29. The number of amides is 2. The molecular formula is C14H26N2O4. The first-order valence-corrected chi connectivity index (χ1v) is 7.06. The van der Waals surface area contributed by atoms with Crippen molar-refractivity contribution in [3.8, 4) is 0 Å². The molecule has 1 saturated heterocycles. The van der Waals surface area contributed by atoms with Gasteiger partial charge in [-0.15, -0.1) is 0 Å². The van der Waals surface area contributed by atoms with Gasteiger partial charge in [-0.1, -0.05) is 13.3 Å². The van der Waals surface area contributed by atoms with Crippen molar-refractivity contribution in [2.24, 2.45) is 5.41 Å². The smallest absolute Gasteiger partial charge is 0.317 e. The van der Waals surface area contributed by atoms with Crippen molar-refractivity contribution in [1.29, 1.82) is 0 Å². The molecule has 116 valence electrons. The Bertz CT molecular complexity index is 370. The van der Waals surface area contributed by atoms with Crippen molar-refractivity contribution < 1.29 is 19.4 Å². The monoisotopic (exact) mass is 286 g/mol. The summed E-state index contributed by atoms with van der Waals surface area (Å²) in [4.78, 5) is 25.3. The van der Waals surface area contributed by atoms with Crippen LogP contribution in [0.15, 0.2) is 0 Å². The fraction of sp³-hybridized carbons (Fsp3) is 0.857. The van der Waals surface area contributed by atoms with Crippen LogP contribution in [0.5, 0.6) is 0 Å². The summed E-state index contributed by atoms with van der Waals surface area (Å²) in [5.41, 5.74) is -1.25. The van der Waals surface area contributed by atoms with Crippen LogP contribution in [0.2, 0.25) is 0 Å². The summed E-state index contributed by atoms with van der Waals surface area (Å²) in [6, 6.07) is -0.216. The average molecular weight is 286 g/mol. The Hall–Kier alpha value is -1.30. The van der Waals surface area contributed by atoms with Crippen molar-refractivity contribution in [1.82, 2.24) is 10.2 Å². The van der Waals surface area contributed by atoms with Gasteiger partial charge in [-0.3, -0.25) is 4.79 Å². The highest BCUT2D eigenvalue weighted by Crippen LogP contribution is 2.35. The highest BCUT2D eigenvalue weighted by Gasteiger charge is 2.45. The molecule has 0 aromatic carbocycles. The molecule has 0 spiro atoms. The molecule has 6 heteroatoms. The molecule has 20 heavy (non-hydrogen) atoms. The normalized spacial score (nSPS) is 22.9. The molecule has 1 aliphatic rings. The predicted octanol–water partition coefficient (Wildman–Crippen LogP) is 1.70. The molecule has 2 N–H and O–H groups in total. The molecule has 2 amide bonds. The van der Waals surface area contributed by atoms with Gasteiger partial charge < -0.3 is 20.1 Å². The number of aliphatic carboxylic acids is 1. The van der Waals surface area contributed by atoms with Crippen LogP contribution in [0.3, 0.4) is 0 Å². The van der Waals surface area contributed by atoms with Gasteiger partial charge in [0.05, 0.1) is 17.6 Å². The molecule has 0 aliphatic carbocycles. The Kier molecular flexibility index (Phi) is 5.39. The van der Waals surface area contributed by atoms with Crippen LogP contribution in [0.25, 0.3) is 0 Å². The van der Waals surface area contributed by atoms with Gasteiger partial charge in [-0.25, -0.2) is 4.79 Å². The zero-order valence-corrected chi connectivity index (χ0v) is 12.9. The lowest BCUT2D eigenvalue weighted by Crippen LogP contribution is -2.52. The van der Waals surface area contributed by atoms with Gasteiger partial charge in [0.25, 0.3) is 0 Å². The molecule has 0 bridgehead atoms. The molecule has 0 radical (unpaired) electrons. The maximum atomic E-state index is 12.2. The van der Waals surface area contributed by atoms with Gasteiger partial charge in [-0.05, 0) is 26.7 Å². The number of hydrogen-bond donors (Lipinski definition) is 2. The fourth-order valence-electron chi connectivity index (χ4n) is 2.78. The topological polar surface area (TPSA) is 78.9 Å². The second kappa shape index (κ2) is 6.43. The molecular weight excluding hydrogens is 260 g/mol. The Labute approximate surface area is 120 Å². The van der Waals surface area contributed by atoms with Crippen LogP contribution >= 0.6 is 0 Å². The van der Waals surface area contributed by atoms with Gasteiger partial charge in [0.1, 0.15) is 0 Å². The largest absolute Gasteiger partial charge is 0.481 e. The standard InChI is InChI=1S/C14H26N2O4/c1-5-6-14(11(17)18)7-8-16(9-14)12(19)15-13(2,3)10-20-4/h5-10H2,1-4H3,(H,15,19)(H,17,18). The van der Waals surface area contributed by atoms with Crippen molar-refractivity contribution in [3.05, 3.63) is 0 Å². The zero-order valence-electron chi connectivity index (χ0n) is 12.9. The Balaban J connectivity index is 2.67. The third-order valence-electron chi connectivity index (χ3n) is 3.77. The van der Waals surface area contributed by atoms with E-state index in [1.54, 1.807) is 12.0 Å². The second-order valence-corrected chi connectivity index (χ2v) is 6.25. The SMILES string of the molecule is CCCC1(C(=O)O)CCN(C(=O)NC(C)(C)COC)C1. The molecule has 0 aromatic rings. The van der Waals surface area contributed by atoms with Crippen LogP contribution in [0.1, 0.15) is 40.0 Å². The van der Waals surface area contributed by atoms with E-state index in [0.29, 0.717) is 26.0 Å². The first-order chi connectivity index (χ1) is 9.26. The van der Waals surface area contributed by atoms with Crippen LogP contribution in [0, 0.1) is 5.41 Å². The number of carbonyl (C=O) groups excluding carboxylic acids is 1. The maximum Gasteiger partial charge on any atom is 0.317 e. The van der Waals surface area contributed by atoms with Crippen LogP contribution in [-0.4, -0.2) is 54.4 Å². The quantitative estimate of drug-likeness (QED) is 0.779. The number of nitrogens with zero attached hydrogens (tertiary/aromatic N) is 1. The van der Waals surface area contributed by atoms with Crippen molar-refractivity contribution in [3.63, 3.8) is 0 Å². The molecule has 1 rings (SSSR count). The van der Waals surface area contributed by atoms with Gasteiger partial charge in [0, 0.05) is 20.2 Å². The molecule has 1 unspecified atom stereocenters. The lowest BCUT2D eigenvalue weighted by atomic mass is 9.83. The Morgan fingerprint density at radius 2 is 2.10 bits per heavy atom. The fourth-order valence-corrected chi connectivity index (χ4v) is 2.78. The molecule has 0 saturated carbocycles. The molecule has 1 aliphatic heterocycles. The minimum Gasteiger partial charge on any atom is -0.481 e. The number of carbonyl (C=O) groups is 2. The van der Waals surface area contributed by atoms with E-state index in [1.807, 2.05) is 20.8 Å². The Morgan fingerprint density at radius 3 is 2.60 bits per heavy atom. The van der Waals surface area contributed by atoms with E-state index in [2.05, 4.69) is 5.32 Å². The minimum absolute atomic E-state index is 0.216. The summed E-state index contributed by atoms with van der Waals surface area (Å²) < 4.78 is 5.06. The summed E-state index contributed by atoms with van der Waals surface area (Å²) in [5, 5.41) is 12.3.